The number of nitrogens with zero attached hydrogens (tertiary/aromatic N) is 1. The lowest BCUT2D eigenvalue weighted by molar-refractivity contribution is 0.0939. The van der Waals surface area contributed by atoms with Crippen molar-refractivity contribution < 1.29 is 17.9 Å². The molecule has 0 fully saturated rings. The van der Waals surface area contributed by atoms with Gasteiger partial charge in [0.1, 0.15) is 5.75 Å². The second kappa shape index (κ2) is 9.08. The Labute approximate surface area is 180 Å². The number of rotatable bonds is 7. The van der Waals surface area contributed by atoms with Crippen LogP contribution in [0.5, 0.6) is 5.75 Å². The molecule has 0 radical (unpaired) electrons. The van der Waals surface area contributed by atoms with Gasteiger partial charge >= 0.3 is 0 Å². The third-order valence-electron chi connectivity index (χ3n) is 5.35. The van der Waals surface area contributed by atoms with Gasteiger partial charge in [-0.1, -0.05) is 13.8 Å². The second-order valence-electron chi connectivity index (χ2n) is 8.03. The zero-order chi connectivity index (χ0) is 22.8. The normalized spacial score (nSPS) is 12.6. The van der Waals surface area contributed by atoms with Gasteiger partial charge in [0.15, 0.2) is 0 Å². The van der Waals surface area contributed by atoms with E-state index in [0.29, 0.717) is 22.7 Å². The lowest BCUT2D eigenvalue weighted by Gasteiger charge is -2.22. The monoisotopic (exact) mass is 432 g/mol. The van der Waals surface area contributed by atoms with Crippen LogP contribution >= 0.6 is 0 Å². The van der Waals surface area contributed by atoms with E-state index in [-0.39, 0.29) is 11.9 Å². The molecule has 0 bridgehead atoms. The molecular formula is C23H32N2O4S. The van der Waals surface area contributed by atoms with Crippen LogP contribution in [0.15, 0.2) is 30.3 Å². The van der Waals surface area contributed by atoms with E-state index < -0.39 is 10.0 Å². The minimum atomic E-state index is -3.37. The quantitative estimate of drug-likeness (QED) is 0.707. The van der Waals surface area contributed by atoms with Crippen molar-refractivity contribution in [1.29, 1.82) is 0 Å². The van der Waals surface area contributed by atoms with Gasteiger partial charge in [-0.2, -0.15) is 0 Å². The second-order valence-corrected chi connectivity index (χ2v) is 10.0. The molecule has 2 rings (SSSR count). The van der Waals surface area contributed by atoms with Crippen molar-refractivity contribution in [2.75, 3.05) is 24.7 Å². The topological polar surface area (TPSA) is 75.7 Å². The molecule has 6 nitrogen and oxygen atoms in total. The van der Waals surface area contributed by atoms with Gasteiger partial charge in [0, 0.05) is 12.6 Å². The van der Waals surface area contributed by atoms with Crippen LogP contribution in [-0.4, -0.2) is 34.7 Å². The van der Waals surface area contributed by atoms with Gasteiger partial charge in [-0.05, 0) is 79.3 Å². The Bertz CT molecular complexity index is 1050. The van der Waals surface area contributed by atoms with Gasteiger partial charge in [-0.25, -0.2) is 8.42 Å². The number of anilines is 1. The number of sulfonamides is 1. The summed E-state index contributed by atoms with van der Waals surface area (Å²) >= 11 is 0. The van der Waals surface area contributed by atoms with Crippen LogP contribution < -0.4 is 14.4 Å². The van der Waals surface area contributed by atoms with E-state index in [9.17, 15) is 13.2 Å². The van der Waals surface area contributed by atoms with E-state index in [1.165, 1.54) is 11.4 Å². The van der Waals surface area contributed by atoms with E-state index in [2.05, 4.69) is 25.2 Å². The first-order valence-electron chi connectivity index (χ1n) is 9.90. The number of aryl methyl sites for hydroxylation is 2. The average Bonchev–Trinajstić information content (AvgIpc) is 2.65. The number of ether oxygens (including phenoxy) is 1. The Balaban J connectivity index is 2.28. The predicted molar refractivity (Wildman–Crippen MR) is 122 cm³/mol. The third-order valence-corrected chi connectivity index (χ3v) is 6.54. The van der Waals surface area contributed by atoms with E-state index in [0.717, 1.165) is 28.7 Å². The number of methoxy groups -OCH3 is 1. The fourth-order valence-corrected chi connectivity index (χ4v) is 4.06. The molecule has 164 valence electrons. The summed E-state index contributed by atoms with van der Waals surface area (Å²) in [5, 5.41) is 3.05. The van der Waals surface area contributed by atoms with Crippen LogP contribution in [0.1, 0.15) is 65.3 Å². The molecule has 0 saturated heterocycles. The minimum Gasteiger partial charge on any atom is -0.496 e. The molecule has 0 heterocycles. The number of hydrogen-bond acceptors (Lipinski definition) is 4. The standard InChI is InChI=1S/C23H32N2O4S/c1-14(2)19-13-20(15(3)12-22(19)29-7)17(5)24-23(26)18-9-10-21(16(4)11-18)25(6)30(8,27)28/h9-14,17H,1-8H3,(H,24,26)/t17-/m1/s1. The minimum absolute atomic E-state index is 0.195. The van der Waals surface area contributed by atoms with Crippen LogP contribution in [0.3, 0.4) is 0 Å². The fourth-order valence-electron chi connectivity index (χ4n) is 3.50. The highest BCUT2D eigenvalue weighted by atomic mass is 32.2. The Kier molecular flexibility index (Phi) is 7.18. The average molecular weight is 433 g/mol. The van der Waals surface area contributed by atoms with Crippen molar-refractivity contribution in [3.63, 3.8) is 0 Å². The largest absolute Gasteiger partial charge is 0.496 e. The molecule has 0 spiro atoms. The molecule has 1 N–H and O–H groups in total. The Hall–Kier alpha value is -2.54. The van der Waals surface area contributed by atoms with E-state index in [4.69, 9.17) is 4.74 Å². The van der Waals surface area contributed by atoms with E-state index in [1.54, 1.807) is 32.2 Å². The number of carbonyl (C=O) groups excluding carboxylic acids is 1. The fraction of sp³-hybridized carbons (Fsp3) is 0.435. The first-order valence-corrected chi connectivity index (χ1v) is 11.8. The molecular weight excluding hydrogens is 400 g/mol. The SMILES string of the molecule is COc1cc(C)c([C@@H](C)NC(=O)c2ccc(N(C)S(C)(=O)=O)c(C)c2)cc1C(C)C. The molecule has 0 saturated carbocycles. The summed E-state index contributed by atoms with van der Waals surface area (Å²) in [7, 11) is -0.202. The number of nitrogens with one attached hydrogen (secondary N) is 1. The maximum absolute atomic E-state index is 12.8. The molecule has 7 heteroatoms. The van der Waals surface area contributed by atoms with Gasteiger partial charge in [-0.3, -0.25) is 9.10 Å². The maximum atomic E-state index is 12.8. The van der Waals surface area contributed by atoms with Crippen molar-refractivity contribution in [3.8, 4) is 5.75 Å². The van der Waals surface area contributed by atoms with Gasteiger partial charge in [0.2, 0.25) is 10.0 Å². The first-order chi connectivity index (χ1) is 13.9. The lowest BCUT2D eigenvalue weighted by atomic mass is 9.93. The summed E-state index contributed by atoms with van der Waals surface area (Å²) < 4.78 is 30.3. The van der Waals surface area contributed by atoms with Crippen molar-refractivity contribution in [2.45, 2.75) is 46.6 Å². The zero-order valence-electron chi connectivity index (χ0n) is 19.0. The molecule has 30 heavy (non-hydrogen) atoms. The summed E-state index contributed by atoms with van der Waals surface area (Å²) in [4.78, 5) is 12.8. The number of hydrogen-bond donors (Lipinski definition) is 1. The Morgan fingerprint density at radius 2 is 1.67 bits per heavy atom. The number of carbonyl (C=O) groups is 1. The summed E-state index contributed by atoms with van der Waals surface area (Å²) in [5.41, 5.74) is 4.94. The first kappa shape index (κ1) is 23.7. The molecule has 0 aliphatic heterocycles. The molecule has 0 aromatic heterocycles. The van der Waals surface area contributed by atoms with Crippen LogP contribution in [0.25, 0.3) is 0 Å². The highest BCUT2D eigenvalue weighted by Crippen LogP contribution is 2.32. The summed E-state index contributed by atoms with van der Waals surface area (Å²) in [6, 6.07) is 8.92. The van der Waals surface area contributed by atoms with Gasteiger partial charge < -0.3 is 10.1 Å². The number of benzene rings is 2. The van der Waals surface area contributed by atoms with Gasteiger partial charge in [-0.15, -0.1) is 0 Å². The van der Waals surface area contributed by atoms with E-state index >= 15 is 0 Å². The van der Waals surface area contributed by atoms with Gasteiger partial charge in [0.05, 0.1) is 25.1 Å². The third kappa shape index (κ3) is 5.14. The van der Waals surface area contributed by atoms with Crippen molar-refractivity contribution in [3.05, 3.63) is 58.1 Å². The molecule has 0 aliphatic rings. The van der Waals surface area contributed by atoms with Crippen molar-refractivity contribution in [1.82, 2.24) is 5.32 Å². The molecule has 1 amide bonds. The van der Waals surface area contributed by atoms with Crippen LogP contribution in [-0.2, 0) is 10.0 Å². The summed E-state index contributed by atoms with van der Waals surface area (Å²) in [6.07, 6.45) is 1.15. The predicted octanol–water partition coefficient (Wildman–Crippen LogP) is 4.32. The van der Waals surface area contributed by atoms with E-state index in [1.807, 2.05) is 19.9 Å². The highest BCUT2D eigenvalue weighted by molar-refractivity contribution is 7.92. The molecule has 0 aliphatic carbocycles. The van der Waals surface area contributed by atoms with Crippen LogP contribution in [0.2, 0.25) is 0 Å². The smallest absolute Gasteiger partial charge is 0.251 e. The Morgan fingerprint density at radius 3 is 2.17 bits per heavy atom. The molecule has 1 atom stereocenters. The van der Waals surface area contributed by atoms with Crippen LogP contribution in [0, 0.1) is 13.8 Å². The summed E-state index contributed by atoms with van der Waals surface area (Å²) in [6.45, 7) is 9.97. The highest BCUT2D eigenvalue weighted by Gasteiger charge is 2.19. The van der Waals surface area contributed by atoms with Crippen molar-refractivity contribution >= 4 is 21.6 Å². The molecule has 0 unspecified atom stereocenters. The number of amides is 1. The van der Waals surface area contributed by atoms with Gasteiger partial charge in [0.25, 0.3) is 5.91 Å². The maximum Gasteiger partial charge on any atom is 0.251 e. The molecule has 2 aromatic carbocycles. The summed E-state index contributed by atoms with van der Waals surface area (Å²) in [5.74, 6) is 0.940. The van der Waals surface area contributed by atoms with Crippen molar-refractivity contribution in [2.24, 2.45) is 0 Å². The Morgan fingerprint density at radius 1 is 1.03 bits per heavy atom. The lowest BCUT2D eigenvalue weighted by Crippen LogP contribution is -2.28. The zero-order valence-corrected chi connectivity index (χ0v) is 19.8. The molecule has 2 aromatic rings. The van der Waals surface area contributed by atoms with Crippen LogP contribution in [0.4, 0.5) is 5.69 Å².